The third-order valence-corrected chi connectivity index (χ3v) is 8.31. The van der Waals surface area contributed by atoms with Gasteiger partial charge >= 0.3 is 0 Å². The summed E-state index contributed by atoms with van der Waals surface area (Å²) in [6.07, 6.45) is 0. The highest BCUT2D eigenvalue weighted by Crippen LogP contribution is 2.29. The molecule has 1 heterocycles. The molecule has 0 aromatic heterocycles. The smallest absolute Gasteiger partial charge is 0.207 e. The third kappa shape index (κ3) is 3.01. The molecule has 122 valence electrons. The van der Waals surface area contributed by atoms with Gasteiger partial charge in [0.1, 0.15) is 0 Å². The number of sulfonamides is 1. The van der Waals surface area contributed by atoms with E-state index >= 15 is 0 Å². The minimum atomic E-state index is -3.44. The fraction of sp³-hybridized carbons (Fsp3) is 0.333. The van der Waals surface area contributed by atoms with E-state index in [1.165, 1.54) is 10.8 Å². The van der Waals surface area contributed by atoms with Crippen LogP contribution in [0.4, 0.5) is 0 Å². The average Bonchev–Trinajstić information content (AvgIpc) is 2.91. The molecule has 0 N–H and O–H groups in total. The minimum Gasteiger partial charge on any atom is -0.207 e. The van der Waals surface area contributed by atoms with Crippen molar-refractivity contribution in [3.05, 3.63) is 59.2 Å². The largest absolute Gasteiger partial charge is 0.243 e. The number of hydrogen-bond acceptors (Lipinski definition) is 2. The Bertz CT molecular complexity index is 836. The maximum Gasteiger partial charge on any atom is 0.243 e. The van der Waals surface area contributed by atoms with E-state index in [4.69, 9.17) is 0 Å². The summed E-state index contributed by atoms with van der Waals surface area (Å²) in [6.45, 7) is 9.84. The van der Waals surface area contributed by atoms with Crippen molar-refractivity contribution < 1.29 is 8.42 Å². The van der Waals surface area contributed by atoms with Crippen LogP contribution in [0.25, 0.3) is 0 Å². The zero-order chi connectivity index (χ0) is 16.8. The van der Waals surface area contributed by atoms with Gasteiger partial charge in [-0.3, -0.25) is 0 Å². The van der Waals surface area contributed by atoms with Crippen LogP contribution in [0.1, 0.15) is 16.7 Å². The van der Waals surface area contributed by atoms with Crippen molar-refractivity contribution in [2.45, 2.75) is 44.5 Å². The molecule has 0 atom stereocenters. The maximum absolute atomic E-state index is 12.9. The summed E-state index contributed by atoms with van der Waals surface area (Å²) >= 11 is 0. The monoisotopic (exact) mass is 345 g/mol. The first kappa shape index (κ1) is 16.4. The summed E-state index contributed by atoms with van der Waals surface area (Å²) in [7, 11) is -4.92. The summed E-state index contributed by atoms with van der Waals surface area (Å²) < 4.78 is 27.4. The second-order valence-corrected chi connectivity index (χ2v) is 14.3. The normalized spacial score (nSPS) is 15.7. The van der Waals surface area contributed by atoms with Crippen LogP contribution >= 0.6 is 0 Å². The molecule has 0 saturated carbocycles. The van der Waals surface area contributed by atoms with Gasteiger partial charge in [-0.05, 0) is 30.2 Å². The van der Waals surface area contributed by atoms with E-state index < -0.39 is 18.1 Å². The SMILES string of the molecule is Cc1ccc(S(=O)(=O)N2Cc3cccc([Si](C)(C)C)c3C2)cc1. The van der Waals surface area contributed by atoms with Crippen molar-refractivity contribution in [3.63, 3.8) is 0 Å². The topological polar surface area (TPSA) is 37.4 Å². The Kier molecular flexibility index (Phi) is 3.98. The standard InChI is InChI=1S/C18H23NO2SSi/c1-14-8-10-16(11-9-14)22(20,21)19-12-15-6-5-7-18(17(15)13-19)23(2,3)4/h5-11H,12-13H2,1-4H3. The van der Waals surface area contributed by atoms with Gasteiger partial charge < -0.3 is 0 Å². The van der Waals surface area contributed by atoms with Gasteiger partial charge in [0.25, 0.3) is 0 Å². The summed E-state index contributed by atoms with van der Waals surface area (Å²) in [5.74, 6) is 0. The lowest BCUT2D eigenvalue weighted by Crippen LogP contribution is -2.40. The number of benzene rings is 2. The van der Waals surface area contributed by atoms with E-state index in [1.807, 2.05) is 19.1 Å². The van der Waals surface area contributed by atoms with Gasteiger partial charge in [-0.2, -0.15) is 4.31 Å². The van der Waals surface area contributed by atoms with Crippen LogP contribution in [0.2, 0.25) is 19.6 Å². The van der Waals surface area contributed by atoms with Crippen LogP contribution < -0.4 is 5.19 Å². The fourth-order valence-corrected chi connectivity index (χ4v) is 6.25. The molecule has 23 heavy (non-hydrogen) atoms. The molecule has 0 spiro atoms. The van der Waals surface area contributed by atoms with Gasteiger partial charge in [0, 0.05) is 13.1 Å². The fourth-order valence-electron chi connectivity index (χ4n) is 3.12. The molecule has 2 aromatic carbocycles. The number of hydrogen-bond donors (Lipinski definition) is 0. The molecule has 3 nitrogen and oxygen atoms in total. The number of rotatable bonds is 3. The second kappa shape index (κ2) is 5.58. The molecule has 5 heteroatoms. The lowest BCUT2D eigenvalue weighted by molar-refractivity contribution is 0.432. The Morgan fingerprint density at radius 1 is 0.957 bits per heavy atom. The van der Waals surface area contributed by atoms with Crippen LogP contribution in [0, 0.1) is 6.92 Å². The first-order chi connectivity index (χ1) is 10.7. The predicted molar refractivity (Wildman–Crippen MR) is 97.0 cm³/mol. The summed E-state index contributed by atoms with van der Waals surface area (Å²) in [5.41, 5.74) is 3.44. The van der Waals surface area contributed by atoms with Gasteiger partial charge in [-0.25, -0.2) is 8.42 Å². The van der Waals surface area contributed by atoms with E-state index in [-0.39, 0.29) is 0 Å². The van der Waals surface area contributed by atoms with Crippen LogP contribution in [-0.2, 0) is 23.1 Å². The second-order valence-electron chi connectivity index (χ2n) is 7.28. The lowest BCUT2D eigenvalue weighted by Gasteiger charge is -2.21. The average molecular weight is 346 g/mol. The highest BCUT2D eigenvalue weighted by Gasteiger charge is 2.33. The quantitative estimate of drug-likeness (QED) is 0.801. The Labute approximate surface area is 140 Å². The number of fused-ring (bicyclic) bond motifs is 1. The highest BCUT2D eigenvalue weighted by atomic mass is 32.2. The number of aryl methyl sites for hydroxylation is 1. The van der Waals surface area contributed by atoms with Crippen LogP contribution in [0.3, 0.4) is 0 Å². The van der Waals surface area contributed by atoms with E-state index in [2.05, 4.69) is 37.8 Å². The number of nitrogens with zero attached hydrogens (tertiary/aromatic N) is 1. The molecule has 0 saturated heterocycles. The zero-order valence-corrected chi connectivity index (χ0v) is 15.9. The van der Waals surface area contributed by atoms with E-state index in [9.17, 15) is 8.42 Å². The Morgan fingerprint density at radius 2 is 1.61 bits per heavy atom. The molecule has 1 aliphatic rings. The van der Waals surface area contributed by atoms with Gasteiger partial charge in [0.05, 0.1) is 13.0 Å². The van der Waals surface area contributed by atoms with Crippen molar-refractivity contribution in [2.75, 3.05) is 0 Å². The molecule has 2 aromatic rings. The summed E-state index contributed by atoms with van der Waals surface area (Å²) in [6, 6.07) is 13.4. The maximum atomic E-state index is 12.9. The summed E-state index contributed by atoms with van der Waals surface area (Å²) in [5, 5.41) is 1.37. The van der Waals surface area contributed by atoms with Gasteiger partial charge in [-0.15, -0.1) is 0 Å². The molecule has 0 amide bonds. The summed E-state index contributed by atoms with van der Waals surface area (Å²) in [4.78, 5) is 0.380. The van der Waals surface area contributed by atoms with Crippen LogP contribution in [-0.4, -0.2) is 20.8 Å². The van der Waals surface area contributed by atoms with Crippen molar-refractivity contribution in [1.82, 2.24) is 4.31 Å². The van der Waals surface area contributed by atoms with Crippen LogP contribution in [0.5, 0.6) is 0 Å². The van der Waals surface area contributed by atoms with Gasteiger partial charge in [-0.1, -0.05) is 60.7 Å². The molecule has 0 fully saturated rings. The molecule has 3 rings (SSSR count). The lowest BCUT2D eigenvalue weighted by atomic mass is 10.1. The van der Waals surface area contributed by atoms with E-state index in [0.29, 0.717) is 18.0 Å². The molecular weight excluding hydrogens is 322 g/mol. The van der Waals surface area contributed by atoms with Crippen molar-refractivity contribution >= 4 is 23.3 Å². The predicted octanol–water partition coefficient (Wildman–Crippen LogP) is 3.24. The van der Waals surface area contributed by atoms with Gasteiger partial charge in [0.15, 0.2) is 0 Å². The Hall–Kier alpha value is -1.43. The van der Waals surface area contributed by atoms with Crippen molar-refractivity contribution in [1.29, 1.82) is 0 Å². The molecule has 1 aliphatic heterocycles. The first-order valence-electron chi connectivity index (χ1n) is 7.87. The molecule has 0 aliphatic carbocycles. The third-order valence-electron chi connectivity index (χ3n) is 4.42. The van der Waals surface area contributed by atoms with E-state index in [0.717, 1.165) is 11.1 Å². The Morgan fingerprint density at radius 3 is 2.22 bits per heavy atom. The highest BCUT2D eigenvalue weighted by molar-refractivity contribution is 7.89. The first-order valence-corrected chi connectivity index (χ1v) is 12.8. The minimum absolute atomic E-state index is 0.380. The van der Waals surface area contributed by atoms with Crippen molar-refractivity contribution in [2.24, 2.45) is 0 Å². The van der Waals surface area contributed by atoms with Crippen LogP contribution in [0.15, 0.2) is 47.4 Å². The Balaban J connectivity index is 1.98. The zero-order valence-electron chi connectivity index (χ0n) is 14.1. The molecule has 0 bridgehead atoms. The molecule has 0 radical (unpaired) electrons. The van der Waals surface area contributed by atoms with E-state index in [1.54, 1.807) is 16.4 Å². The van der Waals surface area contributed by atoms with Gasteiger partial charge in [0.2, 0.25) is 10.0 Å². The molecule has 0 unspecified atom stereocenters. The van der Waals surface area contributed by atoms with Crippen molar-refractivity contribution in [3.8, 4) is 0 Å². The molecular formula is C18H23NO2SSi.